The average molecular weight is 963 g/mol. The van der Waals surface area contributed by atoms with Crippen molar-refractivity contribution in [1.82, 2.24) is 42.1 Å². The molecule has 0 spiro atoms. The molecule has 16 nitrogen and oxygen atoms in total. The van der Waals surface area contributed by atoms with Crippen LogP contribution >= 0.6 is 0 Å². The summed E-state index contributed by atoms with van der Waals surface area (Å²) in [4.78, 5) is 111. The number of ketones is 2. The van der Waals surface area contributed by atoms with Crippen molar-refractivity contribution in [3.05, 3.63) is 107 Å². The van der Waals surface area contributed by atoms with Gasteiger partial charge in [-0.25, -0.2) is 0 Å². The maximum Gasteiger partial charge on any atom is 0.246 e. The molecule has 1 fully saturated rings. The zero-order valence-electron chi connectivity index (χ0n) is 42.3. The molecule has 2 aliphatic rings. The summed E-state index contributed by atoms with van der Waals surface area (Å²) in [5.74, 6) is -3.37. The maximum atomic E-state index is 14.6. The maximum absolute atomic E-state index is 14.6. The van der Waals surface area contributed by atoms with Crippen LogP contribution in [-0.4, -0.2) is 109 Å². The van der Waals surface area contributed by atoms with Crippen LogP contribution in [0.3, 0.4) is 0 Å². The van der Waals surface area contributed by atoms with Crippen LogP contribution in [0.5, 0.6) is 0 Å². The van der Waals surface area contributed by atoms with E-state index in [0.717, 1.165) is 30.4 Å². The van der Waals surface area contributed by atoms with Crippen molar-refractivity contribution in [2.24, 2.45) is 11.3 Å². The molecule has 1 heterocycles. The van der Waals surface area contributed by atoms with Gasteiger partial charge in [0.2, 0.25) is 35.4 Å². The van der Waals surface area contributed by atoms with Crippen LogP contribution in [0.4, 0.5) is 0 Å². The molecule has 378 valence electrons. The Balaban J connectivity index is 1.28. The third kappa shape index (κ3) is 14.6. The minimum absolute atomic E-state index is 0.00539. The molecule has 16 heteroatoms. The van der Waals surface area contributed by atoms with Crippen LogP contribution in [0.25, 0.3) is 0 Å². The second-order valence-electron chi connectivity index (χ2n) is 20.0. The van der Waals surface area contributed by atoms with Crippen molar-refractivity contribution < 1.29 is 38.4 Å². The number of likely N-dealkylation sites (tertiary alicyclic amines) is 1. The number of carbonyl (C=O) groups is 8. The quantitative estimate of drug-likeness (QED) is 0.0692. The van der Waals surface area contributed by atoms with Crippen LogP contribution in [-0.2, 0) is 35.2 Å². The first kappa shape index (κ1) is 54.7. The van der Waals surface area contributed by atoms with Gasteiger partial charge in [0, 0.05) is 30.5 Å². The lowest BCUT2D eigenvalue weighted by Gasteiger charge is -2.36. The lowest BCUT2D eigenvalue weighted by molar-refractivity contribution is -0.144. The van der Waals surface area contributed by atoms with E-state index in [-0.39, 0.29) is 80.0 Å². The number of aryl methyl sites for hydroxylation is 1. The predicted molar refractivity (Wildman–Crippen MR) is 268 cm³/mol. The molecule has 0 radical (unpaired) electrons. The summed E-state index contributed by atoms with van der Waals surface area (Å²) >= 11 is 0. The zero-order valence-corrected chi connectivity index (χ0v) is 42.3. The Morgan fingerprint density at radius 1 is 0.686 bits per heavy atom. The highest BCUT2D eigenvalue weighted by molar-refractivity contribution is 6.02. The van der Waals surface area contributed by atoms with E-state index in [0.29, 0.717) is 11.1 Å². The molecule has 1 aliphatic carbocycles. The molecule has 1 aliphatic heterocycles. The van der Waals surface area contributed by atoms with Gasteiger partial charge >= 0.3 is 0 Å². The number of fused-ring (bicyclic) bond motifs is 1. The molecule has 3 aromatic carbocycles. The van der Waals surface area contributed by atoms with E-state index in [4.69, 9.17) is 0 Å². The van der Waals surface area contributed by atoms with E-state index in [2.05, 4.69) is 43.3 Å². The van der Waals surface area contributed by atoms with Crippen molar-refractivity contribution in [1.29, 1.82) is 0 Å². The molecule has 9 atom stereocenters. The number of likely N-dealkylation sites (N-methyl/N-ethyl adjacent to an activating group) is 2. The number of amides is 6. The molecule has 0 bridgehead atoms. The third-order valence-electron chi connectivity index (χ3n) is 13.6. The highest BCUT2D eigenvalue weighted by atomic mass is 16.2. The van der Waals surface area contributed by atoms with Gasteiger partial charge in [-0.1, -0.05) is 93.6 Å². The Morgan fingerprint density at radius 2 is 1.30 bits per heavy atom. The van der Waals surface area contributed by atoms with E-state index in [1.807, 2.05) is 76.2 Å². The predicted octanol–water partition coefficient (Wildman–Crippen LogP) is 4.64. The second-order valence-corrected chi connectivity index (χ2v) is 20.0. The monoisotopic (exact) mass is 963 g/mol. The molecule has 1 saturated heterocycles. The number of hydrogen-bond acceptors (Lipinski definition) is 10. The Bertz CT molecular complexity index is 2350. The van der Waals surface area contributed by atoms with Crippen LogP contribution < -0.4 is 37.2 Å². The number of rotatable bonds is 22. The van der Waals surface area contributed by atoms with E-state index >= 15 is 0 Å². The van der Waals surface area contributed by atoms with Gasteiger partial charge in [0.25, 0.3) is 0 Å². The van der Waals surface area contributed by atoms with Crippen LogP contribution in [0.2, 0.25) is 0 Å². The van der Waals surface area contributed by atoms with Gasteiger partial charge < -0.3 is 42.1 Å². The first-order valence-electron chi connectivity index (χ1n) is 24.7. The molecule has 5 rings (SSSR count). The van der Waals surface area contributed by atoms with Gasteiger partial charge in [-0.15, -0.1) is 0 Å². The smallest absolute Gasteiger partial charge is 0.246 e. The highest BCUT2D eigenvalue weighted by Crippen LogP contribution is 2.34. The highest BCUT2D eigenvalue weighted by Gasteiger charge is 2.46. The van der Waals surface area contributed by atoms with Crippen molar-refractivity contribution in [3.8, 4) is 0 Å². The van der Waals surface area contributed by atoms with Gasteiger partial charge in [-0.05, 0) is 114 Å². The topological polar surface area (TPSA) is 224 Å². The summed E-state index contributed by atoms with van der Waals surface area (Å²) in [5.41, 5.74) is 2.99. The molecule has 0 unspecified atom stereocenters. The van der Waals surface area contributed by atoms with Gasteiger partial charge in [-0.2, -0.15) is 0 Å². The lowest BCUT2D eigenvalue weighted by atomic mass is 9.85. The molecular weight excluding hydrogens is 889 g/mol. The number of carbonyl (C=O) groups excluding carboxylic acids is 8. The molecule has 0 aromatic heterocycles. The first-order valence-corrected chi connectivity index (χ1v) is 24.7. The summed E-state index contributed by atoms with van der Waals surface area (Å²) in [6.07, 6.45) is 3.15. The summed E-state index contributed by atoms with van der Waals surface area (Å²) in [7, 11) is 3.29. The molecule has 6 amide bonds. The summed E-state index contributed by atoms with van der Waals surface area (Å²) in [6.45, 7) is 12.4. The number of nitrogens with zero attached hydrogens (tertiary/aromatic N) is 1. The van der Waals surface area contributed by atoms with Crippen LogP contribution in [0.15, 0.2) is 78.9 Å². The fourth-order valence-corrected chi connectivity index (χ4v) is 9.04. The lowest BCUT2D eigenvalue weighted by Crippen LogP contribution is -2.59. The van der Waals surface area contributed by atoms with Crippen molar-refractivity contribution in [3.63, 3.8) is 0 Å². The van der Waals surface area contributed by atoms with Crippen LogP contribution in [0.1, 0.15) is 143 Å². The minimum atomic E-state index is -1.02. The summed E-state index contributed by atoms with van der Waals surface area (Å²) in [5, 5.41) is 20.3. The number of nitrogens with one attached hydrogen (secondary N) is 7. The van der Waals surface area contributed by atoms with Gasteiger partial charge in [0.15, 0.2) is 11.6 Å². The molecular formula is C54H74N8O8. The van der Waals surface area contributed by atoms with E-state index in [1.54, 1.807) is 52.2 Å². The van der Waals surface area contributed by atoms with E-state index in [9.17, 15) is 38.4 Å². The molecule has 0 saturated carbocycles. The first-order chi connectivity index (χ1) is 33.2. The molecule has 3 aromatic rings. The number of Topliss-reactive ketones (excluding diaryl/α,β-unsaturated/α-hetero) is 2. The molecule has 70 heavy (non-hydrogen) atoms. The summed E-state index contributed by atoms with van der Waals surface area (Å²) in [6, 6.07) is 18.3. The van der Waals surface area contributed by atoms with Gasteiger partial charge in [-0.3, -0.25) is 38.4 Å². The van der Waals surface area contributed by atoms with Crippen LogP contribution in [0, 0.1) is 11.3 Å². The summed E-state index contributed by atoms with van der Waals surface area (Å²) < 4.78 is 0. The largest absolute Gasteiger partial charge is 0.348 e. The van der Waals surface area contributed by atoms with Gasteiger partial charge in [0.05, 0.1) is 24.2 Å². The third-order valence-corrected chi connectivity index (χ3v) is 13.6. The van der Waals surface area contributed by atoms with Gasteiger partial charge in [0.1, 0.15) is 24.2 Å². The molecule has 7 N–H and O–H groups in total. The number of benzene rings is 3. The Morgan fingerprint density at radius 3 is 1.96 bits per heavy atom. The standard InChI is InChI=1S/C54H74N8O8/c1-32(37-18-11-10-12-19-37)57-51(68)43(60-50(67)35(4)58-48(65)33(2)55-8)26-17-27-45(63)39-22-15-23-40(30-39)46(64)29-36-28-44(52(69)59-42-25-16-21-38-20-13-14-24-41(38)42)62(31-36)53(70)47(54(5,6)7)61-49(66)34(3)56-9/h10-15,18-20,22-24,30,32-36,42-44,47,55-56H,16-17,21,25-29,31H2,1-9H3,(H,57,68)(H,58,65)(H,59,69)(H,60,67)(H,61,66)/t32-,33+,34+,35+,36-,42-,43+,44+,47-/m1/s1. The Kier molecular flexibility index (Phi) is 19.6. The van der Waals surface area contributed by atoms with E-state index in [1.165, 1.54) is 17.4 Å². The normalized spacial score (nSPS) is 19.2. The second kappa shape index (κ2) is 25.0. The Hall–Kier alpha value is -6.26. The van der Waals surface area contributed by atoms with E-state index < -0.39 is 65.3 Å². The van der Waals surface area contributed by atoms with Crippen molar-refractivity contribution in [2.75, 3.05) is 20.6 Å². The zero-order chi connectivity index (χ0) is 51.3. The van der Waals surface area contributed by atoms with Crippen molar-refractivity contribution in [2.45, 2.75) is 148 Å². The fourth-order valence-electron chi connectivity index (χ4n) is 9.04. The minimum Gasteiger partial charge on any atom is -0.348 e. The SMILES string of the molecule is CN[C@@H](C)C(=O)N[C@@H](C)C(=O)N[C@@H](CCCC(=O)c1cccc(C(=O)C[C@H]2C[C@@H](C(=O)N[C@@H]3CCCc4ccccc43)N(C(=O)[C@@H](NC(=O)[C@H](C)NC)C(C)(C)C)C2)c1)C(=O)N[C@H](C)c1ccccc1. The Labute approximate surface area is 413 Å². The fraction of sp³-hybridized carbons (Fsp3) is 0.519. The number of hydrogen-bond donors (Lipinski definition) is 7. The average Bonchev–Trinajstić information content (AvgIpc) is 3.78. The van der Waals surface area contributed by atoms with Crippen molar-refractivity contribution >= 4 is 47.0 Å².